The number of hydrogen-bond acceptors (Lipinski definition) is 9. The van der Waals surface area contributed by atoms with Gasteiger partial charge in [-0.15, -0.1) is 0 Å². The van der Waals surface area contributed by atoms with E-state index in [0.717, 1.165) is 6.42 Å². The SMILES string of the molecule is CCCOCCOc1nc(-c2ccc(OC)cc2O)nc(-c2ccc(OC)cc2O)n1. The molecule has 0 radical (unpaired) electrons. The molecule has 3 rings (SSSR count). The lowest BCUT2D eigenvalue weighted by atomic mass is 10.1. The number of nitrogens with zero attached hydrogens (tertiary/aromatic N) is 3. The molecule has 0 aliphatic rings. The van der Waals surface area contributed by atoms with Crippen molar-refractivity contribution in [2.24, 2.45) is 0 Å². The fourth-order valence-corrected chi connectivity index (χ4v) is 2.76. The molecule has 2 N–H and O–H groups in total. The summed E-state index contributed by atoms with van der Waals surface area (Å²) < 4.78 is 21.3. The molecule has 0 aliphatic heterocycles. The molecule has 0 bridgehead atoms. The van der Waals surface area contributed by atoms with Gasteiger partial charge in [-0.3, -0.25) is 0 Å². The Morgan fingerprint density at radius 2 is 1.29 bits per heavy atom. The van der Waals surface area contributed by atoms with E-state index in [1.807, 2.05) is 6.92 Å². The second-order valence-corrected chi connectivity index (χ2v) is 6.49. The number of ether oxygens (including phenoxy) is 4. The van der Waals surface area contributed by atoms with Crippen LogP contribution in [0.25, 0.3) is 22.8 Å². The summed E-state index contributed by atoms with van der Waals surface area (Å²) in [4.78, 5) is 13.1. The highest BCUT2D eigenvalue weighted by Gasteiger charge is 2.17. The zero-order valence-electron chi connectivity index (χ0n) is 17.7. The monoisotopic (exact) mass is 427 g/mol. The maximum Gasteiger partial charge on any atom is 0.320 e. The van der Waals surface area contributed by atoms with Gasteiger partial charge in [0, 0.05) is 18.7 Å². The topological polar surface area (TPSA) is 116 Å². The summed E-state index contributed by atoms with van der Waals surface area (Å²) in [6, 6.07) is 9.60. The summed E-state index contributed by atoms with van der Waals surface area (Å²) in [7, 11) is 3.02. The van der Waals surface area contributed by atoms with Gasteiger partial charge >= 0.3 is 6.01 Å². The molecule has 9 heteroatoms. The molecule has 2 aromatic carbocycles. The molecule has 1 aromatic heterocycles. The van der Waals surface area contributed by atoms with E-state index in [1.54, 1.807) is 24.3 Å². The van der Waals surface area contributed by atoms with Gasteiger partial charge in [0.2, 0.25) is 0 Å². The zero-order chi connectivity index (χ0) is 22.2. The fourth-order valence-electron chi connectivity index (χ4n) is 2.76. The minimum Gasteiger partial charge on any atom is -0.507 e. The van der Waals surface area contributed by atoms with Gasteiger partial charge in [-0.05, 0) is 30.7 Å². The van der Waals surface area contributed by atoms with Crippen LogP contribution in [0.15, 0.2) is 36.4 Å². The summed E-state index contributed by atoms with van der Waals surface area (Å²) in [5, 5.41) is 20.8. The molecule has 1 heterocycles. The molecule has 0 spiro atoms. The molecule has 0 aliphatic carbocycles. The van der Waals surface area contributed by atoms with Crippen molar-refractivity contribution in [3.05, 3.63) is 36.4 Å². The van der Waals surface area contributed by atoms with Crippen molar-refractivity contribution < 1.29 is 29.2 Å². The van der Waals surface area contributed by atoms with Crippen molar-refractivity contribution in [3.63, 3.8) is 0 Å². The Balaban J connectivity index is 2.00. The van der Waals surface area contributed by atoms with Crippen molar-refractivity contribution in [2.45, 2.75) is 13.3 Å². The smallest absolute Gasteiger partial charge is 0.320 e. The van der Waals surface area contributed by atoms with E-state index in [1.165, 1.54) is 26.4 Å². The number of hydrogen-bond donors (Lipinski definition) is 2. The summed E-state index contributed by atoms with van der Waals surface area (Å²) in [6.45, 7) is 3.28. The lowest BCUT2D eigenvalue weighted by molar-refractivity contribution is 0.0972. The first-order chi connectivity index (χ1) is 15.0. The maximum atomic E-state index is 10.4. The van der Waals surface area contributed by atoms with E-state index in [4.69, 9.17) is 18.9 Å². The highest BCUT2D eigenvalue weighted by atomic mass is 16.5. The van der Waals surface area contributed by atoms with Crippen LogP contribution in [0.1, 0.15) is 13.3 Å². The first-order valence-electron chi connectivity index (χ1n) is 9.77. The average Bonchev–Trinajstić information content (AvgIpc) is 2.78. The predicted octanol–water partition coefficient (Wildman–Crippen LogP) is 3.44. The maximum absolute atomic E-state index is 10.4. The molecular formula is C22H25N3O6. The second kappa shape index (κ2) is 10.4. The van der Waals surface area contributed by atoms with E-state index >= 15 is 0 Å². The molecule has 164 valence electrons. The number of methoxy groups -OCH3 is 2. The highest BCUT2D eigenvalue weighted by Crippen LogP contribution is 2.34. The van der Waals surface area contributed by atoms with E-state index in [0.29, 0.717) is 35.8 Å². The molecule has 0 saturated heterocycles. The van der Waals surface area contributed by atoms with Gasteiger partial charge in [0.25, 0.3) is 0 Å². The second-order valence-electron chi connectivity index (χ2n) is 6.49. The Hall–Kier alpha value is -3.59. The summed E-state index contributed by atoms with van der Waals surface area (Å²) in [6.07, 6.45) is 0.910. The molecule has 0 saturated carbocycles. The van der Waals surface area contributed by atoms with Crippen LogP contribution in [-0.2, 0) is 4.74 Å². The molecule has 0 atom stereocenters. The summed E-state index contributed by atoms with van der Waals surface area (Å²) in [5.74, 6) is 1.23. The highest BCUT2D eigenvalue weighted by molar-refractivity contribution is 5.70. The quantitative estimate of drug-likeness (QED) is 0.469. The van der Waals surface area contributed by atoms with Gasteiger partial charge < -0.3 is 29.2 Å². The number of benzene rings is 2. The lowest BCUT2D eigenvalue weighted by Crippen LogP contribution is -2.10. The van der Waals surface area contributed by atoms with Crippen LogP contribution in [0.3, 0.4) is 0 Å². The van der Waals surface area contributed by atoms with Crippen molar-refractivity contribution in [2.75, 3.05) is 34.0 Å². The van der Waals surface area contributed by atoms with E-state index in [9.17, 15) is 10.2 Å². The van der Waals surface area contributed by atoms with Crippen molar-refractivity contribution >= 4 is 0 Å². The van der Waals surface area contributed by atoms with Crippen molar-refractivity contribution in [1.29, 1.82) is 0 Å². The largest absolute Gasteiger partial charge is 0.507 e. The van der Waals surface area contributed by atoms with Crippen LogP contribution in [-0.4, -0.2) is 59.2 Å². The number of phenolic OH excluding ortho intramolecular Hbond substituents is 2. The van der Waals surface area contributed by atoms with Crippen LogP contribution in [0.2, 0.25) is 0 Å². The lowest BCUT2D eigenvalue weighted by Gasteiger charge is -2.11. The normalized spacial score (nSPS) is 10.7. The molecule has 3 aromatic rings. The van der Waals surface area contributed by atoms with Crippen molar-refractivity contribution in [1.82, 2.24) is 15.0 Å². The van der Waals surface area contributed by atoms with Crippen LogP contribution in [0.4, 0.5) is 0 Å². The third-order valence-corrected chi connectivity index (χ3v) is 4.31. The van der Waals surface area contributed by atoms with E-state index in [-0.39, 0.29) is 35.8 Å². The molecule has 0 amide bonds. The molecule has 0 fully saturated rings. The van der Waals surface area contributed by atoms with Gasteiger partial charge in [0.15, 0.2) is 11.6 Å². The van der Waals surface area contributed by atoms with Crippen LogP contribution in [0, 0.1) is 0 Å². The molecular weight excluding hydrogens is 402 g/mol. The van der Waals surface area contributed by atoms with Crippen LogP contribution >= 0.6 is 0 Å². The molecule has 9 nitrogen and oxygen atoms in total. The fraction of sp³-hybridized carbons (Fsp3) is 0.318. The van der Waals surface area contributed by atoms with Crippen LogP contribution in [0.5, 0.6) is 29.0 Å². The Kier molecular flexibility index (Phi) is 7.45. The van der Waals surface area contributed by atoms with E-state index in [2.05, 4.69) is 15.0 Å². The minimum absolute atomic E-state index is 0.0468. The standard InChI is InChI=1S/C22H25N3O6/c1-4-9-30-10-11-31-22-24-20(16-7-5-14(28-2)12-18(16)26)23-21(25-22)17-8-6-15(29-3)13-19(17)27/h5-8,12-13,26-27H,4,9-11H2,1-3H3. The average molecular weight is 427 g/mol. The van der Waals surface area contributed by atoms with E-state index < -0.39 is 0 Å². The first kappa shape index (κ1) is 22.1. The Morgan fingerprint density at radius 3 is 1.74 bits per heavy atom. The number of aromatic nitrogens is 3. The molecule has 31 heavy (non-hydrogen) atoms. The third-order valence-electron chi connectivity index (χ3n) is 4.31. The summed E-state index contributed by atoms with van der Waals surface area (Å²) >= 11 is 0. The molecule has 0 unspecified atom stereocenters. The van der Waals surface area contributed by atoms with Gasteiger partial charge in [0.1, 0.15) is 29.6 Å². The van der Waals surface area contributed by atoms with Gasteiger partial charge in [-0.1, -0.05) is 6.92 Å². The Labute approximate surface area is 180 Å². The number of rotatable bonds is 10. The Bertz CT molecular complexity index is 956. The number of aromatic hydroxyl groups is 2. The minimum atomic E-state index is -0.0623. The third kappa shape index (κ3) is 5.52. The predicted molar refractivity (Wildman–Crippen MR) is 114 cm³/mol. The Morgan fingerprint density at radius 1 is 0.742 bits per heavy atom. The van der Waals surface area contributed by atoms with Crippen molar-refractivity contribution in [3.8, 4) is 51.8 Å². The van der Waals surface area contributed by atoms with Gasteiger partial charge in [-0.25, -0.2) is 4.98 Å². The number of phenols is 2. The summed E-state index contributed by atoms with van der Waals surface area (Å²) in [5.41, 5.74) is 0.731. The van der Waals surface area contributed by atoms with Crippen LogP contribution < -0.4 is 14.2 Å². The van der Waals surface area contributed by atoms with Gasteiger partial charge in [0.05, 0.1) is 32.0 Å². The van der Waals surface area contributed by atoms with Gasteiger partial charge in [-0.2, -0.15) is 9.97 Å². The zero-order valence-corrected chi connectivity index (χ0v) is 17.7. The first-order valence-corrected chi connectivity index (χ1v) is 9.77.